The lowest BCUT2D eigenvalue weighted by molar-refractivity contribution is -0.384. The second-order valence-corrected chi connectivity index (χ2v) is 8.44. The molecule has 35 heavy (non-hydrogen) atoms. The minimum Gasteiger partial charge on any atom is -0.490 e. The van der Waals surface area contributed by atoms with Crippen LogP contribution in [0.15, 0.2) is 65.7 Å². The van der Waals surface area contributed by atoms with E-state index in [1.54, 1.807) is 19.1 Å². The molecule has 0 saturated heterocycles. The Morgan fingerprint density at radius 3 is 2.63 bits per heavy atom. The fourth-order valence-electron chi connectivity index (χ4n) is 3.38. The van der Waals surface area contributed by atoms with Gasteiger partial charge in [-0.1, -0.05) is 30.3 Å². The Morgan fingerprint density at radius 1 is 1.11 bits per heavy atom. The van der Waals surface area contributed by atoms with E-state index in [1.165, 1.54) is 24.5 Å². The number of esters is 1. The van der Waals surface area contributed by atoms with Gasteiger partial charge in [0.1, 0.15) is 28.7 Å². The average Bonchev–Trinajstić information content (AvgIpc) is 3.21. The van der Waals surface area contributed by atoms with E-state index in [0.717, 1.165) is 22.0 Å². The second-order valence-electron chi connectivity index (χ2n) is 7.44. The smallest absolute Gasteiger partial charge is 0.348 e. The lowest BCUT2D eigenvalue weighted by Crippen LogP contribution is -2.24. The largest absolute Gasteiger partial charge is 0.490 e. The van der Waals surface area contributed by atoms with Crippen molar-refractivity contribution in [3.05, 3.63) is 97.4 Å². The van der Waals surface area contributed by atoms with Gasteiger partial charge in [0.15, 0.2) is 5.78 Å². The van der Waals surface area contributed by atoms with Crippen molar-refractivity contribution in [1.29, 1.82) is 0 Å². The summed E-state index contributed by atoms with van der Waals surface area (Å²) in [5.41, 5.74) is -0.194. The van der Waals surface area contributed by atoms with Gasteiger partial charge in [0.2, 0.25) is 0 Å². The van der Waals surface area contributed by atoms with Crippen molar-refractivity contribution < 1.29 is 24.0 Å². The van der Waals surface area contributed by atoms with Crippen LogP contribution < -0.4 is 10.3 Å². The van der Waals surface area contributed by atoms with Crippen molar-refractivity contribution in [2.75, 3.05) is 13.2 Å². The number of aryl methyl sites for hydroxylation is 1. The van der Waals surface area contributed by atoms with E-state index in [2.05, 4.69) is 4.98 Å². The predicted molar refractivity (Wildman–Crippen MR) is 128 cm³/mol. The zero-order valence-corrected chi connectivity index (χ0v) is 19.3. The highest BCUT2D eigenvalue weighted by Gasteiger charge is 2.21. The third-order valence-electron chi connectivity index (χ3n) is 5.12. The summed E-state index contributed by atoms with van der Waals surface area (Å²) in [6.45, 7) is 1.46. The molecule has 0 aliphatic rings. The number of hydrogen-bond acceptors (Lipinski definition) is 9. The molecule has 2 aromatic carbocycles. The number of para-hydroxylation sites is 1. The number of nitro benzene ring substituents is 1. The van der Waals surface area contributed by atoms with Gasteiger partial charge in [-0.2, -0.15) is 0 Å². The summed E-state index contributed by atoms with van der Waals surface area (Å²) >= 11 is 1.03. The number of carbonyl (C=O) groups excluding carboxylic acids is 2. The maximum atomic E-state index is 13.0. The van der Waals surface area contributed by atoms with Gasteiger partial charge in [-0.05, 0) is 24.6 Å². The molecule has 178 valence electrons. The van der Waals surface area contributed by atoms with Crippen LogP contribution >= 0.6 is 11.3 Å². The van der Waals surface area contributed by atoms with Crippen molar-refractivity contribution in [1.82, 2.24) is 9.55 Å². The first kappa shape index (κ1) is 23.8. The molecule has 0 aliphatic heterocycles. The van der Waals surface area contributed by atoms with Gasteiger partial charge in [-0.3, -0.25) is 24.3 Å². The summed E-state index contributed by atoms with van der Waals surface area (Å²) in [5, 5.41) is 11.2. The van der Waals surface area contributed by atoms with Crippen LogP contribution in [0.1, 0.15) is 25.6 Å². The van der Waals surface area contributed by atoms with Crippen molar-refractivity contribution in [3.8, 4) is 5.75 Å². The Bertz CT molecular complexity index is 1480. The van der Waals surface area contributed by atoms with E-state index in [4.69, 9.17) is 9.47 Å². The number of nitrogens with zero attached hydrogens (tertiary/aromatic N) is 3. The molecule has 0 fully saturated rings. The minimum atomic E-state index is -0.598. The lowest BCUT2D eigenvalue weighted by atomic mass is 10.1. The molecule has 0 saturated carbocycles. The first-order chi connectivity index (χ1) is 16.8. The zero-order chi connectivity index (χ0) is 24.9. The van der Waals surface area contributed by atoms with Gasteiger partial charge in [-0.15, -0.1) is 11.3 Å². The summed E-state index contributed by atoms with van der Waals surface area (Å²) in [6, 6.07) is 14.4. The minimum absolute atomic E-state index is 0.0246. The molecule has 11 heteroatoms. The van der Waals surface area contributed by atoms with Crippen LogP contribution in [0.2, 0.25) is 0 Å². The highest BCUT2D eigenvalue weighted by molar-refractivity contribution is 7.20. The summed E-state index contributed by atoms with van der Waals surface area (Å²) in [6.07, 6.45) is 1.22. The van der Waals surface area contributed by atoms with Gasteiger partial charge in [0.05, 0.1) is 23.2 Å². The third-order valence-corrected chi connectivity index (χ3v) is 6.30. The molecule has 2 heterocycles. The molecule has 4 rings (SSSR count). The predicted octanol–water partition coefficient (Wildman–Crippen LogP) is 3.79. The average molecular weight is 493 g/mol. The van der Waals surface area contributed by atoms with Crippen LogP contribution in [0.5, 0.6) is 5.75 Å². The highest BCUT2D eigenvalue weighted by Crippen LogP contribution is 2.27. The summed E-state index contributed by atoms with van der Waals surface area (Å²) in [7, 11) is 0. The first-order valence-electron chi connectivity index (χ1n) is 10.5. The number of non-ortho nitro benzene ring substituents is 1. The molecule has 2 aromatic heterocycles. The summed E-state index contributed by atoms with van der Waals surface area (Å²) < 4.78 is 11.9. The molecule has 0 unspecified atom stereocenters. The molecular formula is C24H19N3O7S. The molecule has 0 bridgehead atoms. The molecule has 0 amide bonds. The van der Waals surface area contributed by atoms with E-state index < -0.39 is 22.2 Å². The molecular weight excluding hydrogens is 474 g/mol. The number of benzene rings is 2. The van der Waals surface area contributed by atoms with Crippen LogP contribution in [0.25, 0.3) is 10.2 Å². The second kappa shape index (κ2) is 10.3. The van der Waals surface area contributed by atoms with Gasteiger partial charge >= 0.3 is 5.97 Å². The van der Waals surface area contributed by atoms with E-state index >= 15 is 0 Å². The van der Waals surface area contributed by atoms with E-state index in [9.17, 15) is 24.5 Å². The Hall–Kier alpha value is -4.38. The third kappa shape index (κ3) is 5.25. The standard InChI is InChI=1S/C24H19N3O7S/c1-15-20-22(35-21(15)24(30)34-11-10-33-18-8-3-2-4-9-18)25-14-26(23(20)29)13-19(28)16-6-5-7-17(12-16)27(31)32/h2-9,12,14H,10-11,13H2,1H3. The Kier molecular flexibility index (Phi) is 6.97. The molecule has 4 aromatic rings. The molecule has 0 N–H and O–H groups in total. The van der Waals surface area contributed by atoms with Crippen molar-refractivity contribution in [3.63, 3.8) is 0 Å². The Balaban J connectivity index is 1.48. The molecule has 0 atom stereocenters. The molecule has 0 radical (unpaired) electrons. The van der Waals surface area contributed by atoms with Gasteiger partial charge in [-0.25, -0.2) is 9.78 Å². The number of ether oxygens (including phenoxy) is 2. The molecule has 0 spiro atoms. The van der Waals surface area contributed by atoms with Crippen molar-refractivity contribution in [2.24, 2.45) is 0 Å². The van der Waals surface area contributed by atoms with Crippen LogP contribution in [0.3, 0.4) is 0 Å². The SMILES string of the molecule is Cc1c(C(=O)OCCOc2ccccc2)sc2ncn(CC(=O)c3cccc([N+](=O)[O-])c3)c(=O)c12. The number of Topliss-reactive ketones (excluding diaryl/α,β-unsaturated/α-hetero) is 1. The summed E-state index contributed by atoms with van der Waals surface area (Å²) in [4.78, 5) is 53.4. The van der Waals surface area contributed by atoms with Gasteiger partial charge in [0.25, 0.3) is 11.2 Å². The number of hydrogen-bond donors (Lipinski definition) is 0. The van der Waals surface area contributed by atoms with Crippen molar-refractivity contribution >= 4 is 39.0 Å². The number of fused-ring (bicyclic) bond motifs is 1. The molecule has 0 aliphatic carbocycles. The highest BCUT2D eigenvalue weighted by atomic mass is 32.1. The van der Waals surface area contributed by atoms with Crippen molar-refractivity contribution in [2.45, 2.75) is 13.5 Å². The van der Waals surface area contributed by atoms with Crippen LogP contribution in [-0.4, -0.2) is 39.4 Å². The topological polar surface area (TPSA) is 131 Å². The maximum Gasteiger partial charge on any atom is 0.348 e. The quantitative estimate of drug-likeness (QED) is 0.113. The number of thiophene rings is 1. The Labute approximate surface area is 202 Å². The number of aromatic nitrogens is 2. The van der Waals surface area contributed by atoms with E-state index in [-0.39, 0.29) is 41.3 Å². The summed E-state index contributed by atoms with van der Waals surface area (Å²) in [5.74, 6) is -0.422. The van der Waals surface area contributed by atoms with Crippen LogP contribution in [0, 0.1) is 17.0 Å². The number of ketones is 1. The fraction of sp³-hybridized carbons (Fsp3) is 0.167. The number of rotatable bonds is 9. The Morgan fingerprint density at radius 2 is 1.89 bits per heavy atom. The normalized spacial score (nSPS) is 10.8. The number of carbonyl (C=O) groups is 2. The van der Waals surface area contributed by atoms with Gasteiger partial charge in [0, 0.05) is 17.7 Å². The number of nitro groups is 1. The zero-order valence-electron chi connectivity index (χ0n) is 18.5. The van der Waals surface area contributed by atoms with Gasteiger partial charge < -0.3 is 9.47 Å². The monoisotopic (exact) mass is 493 g/mol. The van der Waals surface area contributed by atoms with Crippen LogP contribution in [0.4, 0.5) is 5.69 Å². The van der Waals surface area contributed by atoms with E-state index in [1.807, 2.05) is 18.2 Å². The van der Waals surface area contributed by atoms with Crippen LogP contribution in [-0.2, 0) is 11.3 Å². The lowest BCUT2D eigenvalue weighted by Gasteiger charge is -2.07. The fourth-order valence-corrected chi connectivity index (χ4v) is 4.41. The van der Waals surface area contributed by atoms with E-state index in [0.29, 0.717) is 16.1 Å². The maximum absolute atomic E-state index is 13.0. The molecule has 10 nitrogen and oxygen atoms in total. The first-order valence-corrected chi connectivity index (χ1v) is 11.3.